The van der Waals surface area contributed by atoms with Crippen molar-refractivity contribution >= 4 is 11.9 Å². The lowest BCUT2D eigenvalue weighted by molar-refractivity contribution is 0.0664. The maximum Gasteiger partial charge on any atom is 0.317 e. The number of benzene rings is 1. The second-order valence-corrected chi connectivity index (χ2v) is 6.48. The molecule has 1 N–H and O–H groups in total. The van der Waals surface area contributed by atoms with Crippen LogP contribution in [0.15, 0.2) is 24.5 Å². The van der Waals surface area contributed by atoms with E-state index >= 15 is 0 Å². The van der Waals surface area contributed by atoms with Gasteiger partial charge in [-0.25, -0.2) is 4.79 Å². The Kier molecular flexibility index (Phi) is 5.58. The highest BCUT2D eigenvalue weighted by atomic mass is 16.5. The Hall–Kier alpha value is -3.10. The van der Waals surface area contributed by atoms with Gasteiger partial charge < -0.3 is 24.4 Å². The number of aryl methyl sites for hydroxylation is 2. The molecule has 0 saturated carbocycles. The number of urea groups is 1. The second kappa shape index (κ2) is 8.07. The average Bonchev–Trinajstić information content (AvgIpc) is 3.11. The van der Waals surface area contributed by atoms with Crippen molar-refractivity contribution < 1.29 is 14.3 Å². The molecule has 0 radical (unpaired) electrons. The third-order valence-corrected chi connectivity index (χ3v) is 4.71. The van der Waals surface area contributed by atoms with Gasteiger partial charge in [0.05, 0.1) is 13.7 Å². The molecule has 0 unspecified atom stereocenters. The van der Waals surface area contributed by atoms with Crippen molar-refractivity contribution in [2.75, 3.05) is 33.3 Å². The summed E-state index contributed by atoms with van der Waals surface area (Å²) in [5.74, 6) is 1.33. The zero-order valence-electron chi connectivity index (χ0n) is 15.8. The van der Waals surface area contributed by atoms with Gasteiger partial charge in [0.2, 0.25) is 0 Å². The SMILES string of the molecule is COc1cc(C(=O)N2CCN(C(=O)NCc3nncn3C)CC2)ccc1C. The fourth-order valence-corrected chi connectivity index (χ4v) is 2.98. The van der Waals surface area contributed by atoms with E-state index in [0.717, 1.165) is 5.56 Å². The lowest BCUT2D eigenvalue weighted by Crippen LogP contribution is -2.53. The molecule has 144 valence electrons. The first-order chi connectivity index (χ1) is 13.0. The zero-order chi connectivity index (χ0) is 19.4. The van der Waals surface area contributed by atoms with Gasteiger partial charge in [-0.2, -0.15) is 0 Å². The molecule has 2 heterocycles. The van der Waals surface area contributed by atoms with Crippen LogP contribution in [0, 0.1) is 6.92 Å². The largest absolute Gasteiger partial charge is 0.496 e. The summed E-state index contributed by atoms with van der Waals surface area (Å²) < 4.78 is 7.05. The van der Waals surface area contributed by atoms with Gasteiger partial charge in [-0.05, 0) is 24.6 Å². The van der Waals surface area contributed by atoms with E-state index in [2.05, 4.69) is 15.5 Å². The Morgan fingerprint density at radius 1 is 1.19 bits per heavy atom. The lowest BCUT2D eigenvalue weighted by atomic mass is 10.1. The number of hydrogen-bond donors (Lipinski definition) is 1. The van der Waals surface area contributed by atoms with Crippen molar-refractivity contribution in [1.29, 1.82) is 0 Å². The molecule has 1 aliphatic rings. The fourth-order valence-electron chi connectivity index (χ4n) is 2.98. The summed E-state index contributed by atoms with van der Waals surface area (Å²) in [7, 11) is 3.42. The van der Waals surface area contributed by atoms with E-state index in [1.54, 1.807) is 39.9 Å². The topological polar surface area (TPSA) is 92.6 Å². The van der Waals surface area contributed by atoms with E-state index in [1.165, 1.54) is 0 Å². The molecule has 0 spiro atoms. The Bertz CT molecular complexity index is 826. The summed E-state index contributed by atoms with van der Waals surface area (Å²) in [5.41, 5.74) is 1.58. The van der Waals surface area contributed by atoms with Crippen molar-refractivity contribution in [3.63, 3.8) is 0 Å². The molecular formula is C18H24N6O3. The Morgan fingerprint density at radius 3 is 2.52 bits per heavy atom. The molecule has 1 aromatic carbocycles. The number of aromatic nitrogens is 3. The zero-order valence-corrected chi connectivity index (χ0v) is 15.8. The van der Waals surface area contributed by atoms with Gasteiger partial charge in [-0.3, -0.25) is 4.79 Å². The number of ether oxygens (including phenoxy) is 1. The van der Waals surface area contributed by atoms with Crippen LogP contribution in [-0.2, 0) is 13.6 Å². The maximum absolute atomic E-state index is 12.7. The molecule has 0 bridgehead atoms. The molecular weight excluding hydrogens is 348 g/mol. The number of nitrogens with zero attached hydrogens (tertiary/aromatic N) is 5. The number of carbonyl (C=O) groups is 2. The second-order valence-electron chi connectivity index (χ2n) is 6.48. The third kappa shape index (κ3) is 4.18. The maximum atomic E-state index is 12.7. The summed E-state index contributed by atoms with van der Waals surface area (Å²) >= 11 is 0. The summed E-state index contributed by atoms with van der Waals surface area (Å²) in [5, 5.41) is 10.6. The number of carbonyl (C=O) groups excluding carboxylic acids is 2. The lowest BCUT2D eigenvalue weighted by Gasteiger charge is -2.34. The van der Waals surface area contributed by atoms with E-state index < -0.39 is 0 Å². The molecule has 1 aromatic heterocycles. The van der Waals surface area contributed by atoms with E-state index in [0.29, 0.717) is 49.9 Å². The van der Waals surface area contributed by atoms with Crippen LogP contribution in [0.1, 0.15) is 21.7 Å². The first-order valence-corrected chi connectivity index (χ1v) is 8.79. The highest BCUT2D eigenvalue weighted by molar-refractivity contribution is 5.95. The van der Waals surface area contributed by atoms with Crippen LogP contribution in [0.3, 0.4) is 0 Å². The van der Waals surface area contributed by atoms with E-state index in [1.807, 2.05) is 20.0 Å². The average molecular weight is 372 g/mol. The van der Waals surface area contributed by atoms with Crippen molar-refractivity contribution in [1.82, 2.24) is 29.9 Å². The van der Waals surface area contributed by atoms with Gasteiger partial charge in [-0.15, -0.1) is 10.2 Å². The number of methoxy groups -OCH3 is 1. The highest BCUT2D eigenvalue weighted by Gasteiger charge is 2.25. The number of rotatable bonds is 4. The van der Waals surface area contributed by atoms with Crippen molar-refractivity contribution in [3.05, 3.63) is 41.5 Å². The van der Waals surface area contributed by atoms with Crippen LogP contribution in [0.5, 0.6) is 5.75 Å². The quantitative estimate of drug-likeness (QED) is 0.857. The molecule has 1 fully saturated rings. The fraction of sp³-hybridized carbons (Fsp3) is 0.444. The van der Waals surface area contributed by atoms with Crippen LogP contribution in [-0.4, -0.2) is 69.8 Å². The van der Waals surface area contributed by atoms with Crippen molar-refractivity contribution in [3.8, 4) is 5.75 Å². The number of hydrogen-bond acceptors (Lipinski definition) is 5. The van der Waals surface area contributed by atoms with Crippen molar-refractivity contribution in [2.24, 2.45) is 7.05 Å². The molecule has 1 aliphatic heterocycles. The van der Waals surface area contributed by atoms with Gasteiger partial charge in [0.1, 0.15) is 12.1 Å². The summed E-state index contributed by atoms with van der Waals surface area (Å²) in [6.07, 6.45) is 1.59. The molecule has 27 heavy (non-hydrogen) atoms. The predicted molar refractivity (Wildman–Crippen MR) is 98.4 cm³/mol. The molecule has 0 aliphatic carbocycles. The van der Waals surface area contributed by atoms with Gasteiger partial charge in [0.25, 0.3) is 5.91 Å². The summed E-state index contributed by atoms with van der Waals surface area (Å²) in [4.78, 5) is 28.5. The first kappa shape index (κ1) is 18.7. The summed E-state index contributed by atoms with van der Waals surface area (Å²) in [6, 6.07) is 5.28. The van der Waals surface area contributed by atoms with Crippen LogP contribution in [0.4, 0.5) is 4.79 Å². The smallest absolute Gasteiger partial charge is 0.317 e. The molecule has 0 atom stereocenters. The molecule has 3 rings (SSSR count). The molecule has 9 nitrogen and oxygen atoms in total. The van der Waals surface area contributed by atoms with Crippen LogP contribution < -0.4 is 10.1 Å². The van der Waals surface area contributed by atoms with Crippen LogP contribution in [0.2, 0.25) is 0 Å². The van der Waals surface area contributed by atoms with Crippen LogP contribution in [0.25, 0.3) is 0 Å². The van der Waals surface area contributed by atoms with E-state index in [4.69, 9.17) is 4.74 Å². The summed E-state index contributed by atoms with van der Waals surface area (Å²) in [6.45, 7) is 4.21. The third-order valence-electron chi connectivity index (χ3n) is 4.71. The van der Waals surface area contributed by atoms with Crippen molar-refractivity contribution in [2.45, 2.75) is 13.5 Å². The van der Waals surface area contributed by atoms with Crippen LogP contribution >= 0.6 is 0 Å². The number of amides is 3. The van der Waals surface area contributed by atoms with Gasteiger partial charge >= 0.3 is 6.03 Å². The van der Waals surface area contributed by atoms with Gasteiger partial charge in [-0.1, -0.05) is 6.07 Å². The van der Waals surface area contributed by atoms with Gasteiger partial charge in [0, 0.05) is 38.8 Å². The minimum atomic E-state index is -0.165. The molecule has 9 heteroatoms. The molecule has 1 saturated heterocycles. The monoisotopic (exact) mass is 372 g/mol. The predicted octanol–water partition coefficient (Wildman–Crippen LogP) is 0.800. The first-order valence-electron chi connectivity index (χ1n) is 8.79. The number of piperazine rings is 1. The molecule has 2 aromatic rings. The Labute approximate surface area is 157 Å². The number of nitrogens with one attached hydrogen (secondary N) is 1. The Morgan fingerprint density at radius 2 is 1.89 bits per heavy atom. The van der Waals surface area contributed by atoms with Gasteiger partial charge in [0.15, 0.2) is 5.82 Å². The standard InChI is InChI=1S/C18H24N6O3/c1-13-4-5-14(10-15(13)27-3)17(25)23-6-8-24(9-7-23)18(26)19-11-16-21-20-12-22(16)2/h4-5,10,12H,6-9,11H2,1-3H3,(H,19,26). The highest BCUT2D eigenvalue weighted by Crippen LogP contribution is 2.20. The minimum absolute atomic E-state index is 0.0487. The minimum Gasteiger partial charge on any atom is -0.496 e. The Balaban J connectivity index is 1.53. The van der Waals surface area contributed by atoms with E-state index in [-0.39, 0.29) is 11.9 Å². The van der Waals surface area contributed by atoms with E-state index in [9.17, 15) is 9.59 Å². The molecule has 3 amide bonds. The normalized spacial score (nSPS) is 14.2.